The predicted molar refractivity (Wildman–Crippen MR) is 121 cm³/mol. The number of carbonyl (C=O) groups excluding carboxylic acids is 1. The first-order chi connectivity index (χ1) is 15.6. The van der Waals surface area contributed by atoms with Gasteiger partial charge in [0.1, 0.15) is 22.3 Å². The molecule has 5 nitrogen and oxygen atoms in total. The first-order valence-electron chi connectivity index (χ1n) is 10.9. The van der Waals surface area contributed by atoms with E-state index in [1.807, 2.05) is 6.07 Å². The lowest BCUT2D eigenvalue weighted by Gasteiger charge is -2.38. The van der Waals surface area contributed by atoms with Crippen molar-refractivity contribution in [2.45, 2.75) is 56.4 Å². The van der Waals surface area contributed by atoms with Crippen molar-refractivity contribution in [3.05, 3.63) is 82.4 Å². The van der Waals surface area contributed by atoms with Crippen LogP contribution in [0.3, 0.4) is 0 Å². The fourth-order valence-corrected chi connectivity index (χ4v) is 7.19. The first-order valence-corrected chi connectivity index (χ1v) is 12.4. The predicted octanol–water partition coefficient (Wildman–Crippen LogP) is 4.78. The minimum Gasteiger partial charge on any atom is -0.468 e. The van der Waals surface area contributed by atoms with Crippen molar-refractivity contribution in [2.24, 2.45) is 0 Å². The lowest BCUT2D eigenvalue weighted by Crippen LogP contribution is -2.45. The lowest BCUT2D eigenvalue weighted by atomic mass is 9.66. The van der Waals surface area contributed by atoms with E-state index in [-0.39, 0.29) is 30.1 Å². The average Bonchev–Trinajstić information content (AvgIpc) is 2.76. The van der Waals surface area contributed by atoms with E-state index in [0.717, 1.165) is 17.7 Å². The number of rotatable bonds is 5. The van der Waals surface area contributed by atoms with E-state index in [0.29, 0.717) is 18.4 Å². The number of esters is 1. The number of hydrogen-bond acceptors (Lipinski definition) is 4. The maximum Gasteiger partial charge on any atom is 0.320 e. The van der Waals surface area contributed by atoms with Crippen molar-refractivity contribution < 1.29 is 26.7 Å². The van der Waals surface area contributed by atoms with Crippen LogP contribution in [0, 0.1) is 11.6 Å². The van der Waals surface area contributed by atoms with Crippen molar-refractivity contribution in [1.82, 2.24) is 4.31 Å². The van der Waals surface area contributed by atoms with Crippen LogP contribution in [0.4, 0.5) is 8.78 Å². The molecule has 0 saturated carbocycles. The Bertz CT molecular complexity index is 1210. The molecule has 0 spiro atoms. The van der Waals surface area contributed by atoms with Gasteiger partial charge in [0.2, 0.25) is 10.0 Å². The van der Waals surface area contributed by atoms with Crippen LogP contribution in [0.25, 0.3) is 0 Å². The normalized spacial score (nSPS) is 26.9. The Kier molecular flexibility index (Phi) is 6.18. The molecule has 1 saturated heterocycles. The van der Waals surface area contributed by atoms with E-state index in [1.165, 1.54) is 11.4 Å². The standard InChI is InChI=1S/C25H27F2NO4S/c1-16-13-25(14-16,24(29)32-3)20-12-21(26)19(11-22(20)27)15-28-17(2)9-10-23(33(28,30)31)18-7-5-4-6-8-18/h4-8,11-13,17,23H,9-10,14-15H2,1-3H3. The van der Waals surface area contributed by atoms with Gasteiger partial charge in [-0.15, -0.1) is 0 Å². The van der Waals surface area contributed by atoms with Crippen LogP contribution in [-0.2, 0) is 31.5 Å². The maximum absolute atomic E-state index is 15.2. The van der Waals surface area contributed by atoms with Crippen LogP contribution in [0.1, 0.15) is 55.1 Å². The second-order valence-electron chi connectivity index (χ2n) is 8.97. The molecule has 0 aromatic heterocycles. The van der Waals surface area contributed by atoms with Gasteiger partial charge in [0.15, 0.2) is 0 Å². The van der Waals surface area contributed by atoms with Gasteiger partial charge >= 0.3 is 5.97 Å². The van der Waals surface area contributed by atoms with Crippen LogP contribution >= 0.6 is 0 Å². The number of hydrogen-bond donors (Lipinski definition) is 0. The zero-order valence-corrected chi connectivity index (χ0v) is 19.7. The number of nitrogens with zero attached hydrogens (tertiary/aromatic N) is 1. The number of methoxy groups -OCH3 is 1. The summed E-state index contributed by atoms with van der Waals surface area (Å²) in [7, 11) is -2.58. The van der Waals surface area contributed by atoms with Crippen LogP contribution in [-0.4, -0.2) is 31.8 Å². The highest BCUT2D eigenvalue weighted by Gasteiger charge is 2.47. The summed E-state index contributed by atoms with van der Waals surface area (Å²) >= 11 is 0. The van der Waals surface area contributed by atoms with Gasteiger partial charge in [0.05, 0.1) is 7.11 Å². The Morgan fingerprint density at radius 3 is 2.42 bits per heavy atom. The summed E-state index contributed by atoms with van der Waals surface area (Å²) in [5, 5.41) is -0.729. The molecule has 0 amide bonds. The van der Waals surface area contributed by atoms with E-state index in [1.54, 1.807) is 44.2 Å². The number of benzene rings is 2. The lowest BCUT2D eigenvalue weighted by molar-refractivity contribution is -0.146. The van der Waals surface area contributed by atoms with E-state index < -0.39 is 38.3 Å². The van der Waals surface area contributed by atoms with Gasteiger partial charge in [-0.05, 0) is 50.8 Å². The summed E-state index contributed by atoms with van der Waals surface area (Å²) in [5.74, 6) is -2.17. The zero-order chi connectivity index (χ0) is 24.0. The molecule has 0 N–H and O–H groups in total. The van der Waals surface area contributed by atoms with Gasteiger partial charge in [-0.2, -0.15) is 4.31 Å². The Morgan fingerprint density at radius 2 is 1.82 bits per heavy atom. The molecule has 33 heavy (non-hydrogen) atoms. The topological polar surface area (TPSA) is 63.7 Å². The molecule has 1 fully saturated rings. The SMILES string of the molecule is COC(=O)C1(c2cc(F)c(CN3C(C)CCC(c4ccccc4)S3(=O)=O)cc2F)C=C(C)C1. The molecule has 1 aliphatic heterocycles. The molecule has 3 unspecified atom stereocenters. The Hall–Kier alpha value is -2.58. The molecule has 0 bridgehead atoms. The van der Waals surface area contributed by atoms with Gasteiger partial charge in [0, 0.05) is 23.7 Å². The van der Waals surface area contributed by atoms with Crippen molar-refractivity contribution >= 4 is 16.0 Å². The van der Waals surface area contributed by atoms with Gasteiger partial charge in [0.25, 0.3) is 0 Å². The molecule has 1 aliphatic carbocycles. The van der Waals surface area contributed by atoms with Crippen molar-refractivity contribution in [1.29, 1.82) is 0 Å². The number of carbonyl (C=O) groups is 1. The van der Waals surface area contributed by atoms with Crippen LogP contribution in [0.2, 0.25) is 0 Å². The quantitative estimate of drug-likeness (QED) is 0.461. The third kappa shape index (κ3) is 3.99. The summed E-state index contributed by atoms with van der Waals surface area (Å²) in [6.07, 6.45) is 2.90. The summed E-state index contributed by atoms with van der Waals surface area (Å²) in [6, 6.07) is 10.6. The average molecular weight is 476 g/mol. The summed E-state index contributed by atoms with van der Waals surface area (Å²) in [4.78, 5) is 12.4. The van der Waals surface area contributed by atoms with E-state index in [2.05, 4.69) is 0 Å². The fraction of sp³-hybridized carbons (Fsp3) is 0.400. The van der Waals surface area contributed by atoms with Gasteiger partial charge in [-0.3, -0.25) is 4.79 Å². The van der Waals surface area contributed by atoms with E-state index >= 15 is 8.78 Å². The van der Waals surface area contributed by atoms with Crippen LogP contribution in [0.15, 0.2) is 54.1 Å². The Morgan fingerprint density at radius 1 is 1.15 bits per heavy atom. The highest BCUT2D eigenvalue weighted by Crippen LogP contribution is 2.45. The highest BCUT2D eigenvalue weighted by atomic mass is 32.2. The molecular formula is C25H27F2NO4S. The Labute approximate surface area is 193 Å². The third-order valence-corrected chi connectivity index (χ3v) is 9.11. The van der Waals surface area contributed by atoms with Crippen LogP contribution < -0.4 is 0 Å². The molecule has 176 valence electrons. The maximum atomic E-state index is 15.2. The van der Waals surface area contributed by atoms with Crippen molar-refractivity contribution in [3.63, 3.8) is 0 Å². The zero-order valence-electron chi connectivity index (χ0n) is 18.8. The van der Waals surface area contributed by atoms with Gasteiger partial charge in [-0.1, -0.05) is 42.0 Å². The second kappa shape index (κ2) is 8.65. The molecule has 1 heterocycles. The molecule has 2 aromatic carbocycles. The van der Waals surface area contributed by atoms with Crippen molar-refractivity contribution in [2.75, 3.05) is 7.11 Å². The molecule has 3 atom stereocenters. The minimum absolute atomic E-state index is 0.0690. The Balaban J connectivity index is 1.68. The summed E-state index contributed by atoms with van der Waals surface area (Å²) in [6.45, 7) is 3.29. The largest absolute Gasteiger partial charge is 0.468 e. The molecular weight excluding hydrogens is 448 g/mol. The third-order valence-electron chi connectivity index (χ3n) is 6.74. The van der Waals surface area contributed by atoms with Crippen molar-refractivity contribution in [3.8, 4) is 0 Å². The first kappa shape index (κ1) is 23.6. The summed E-state index contributed by atoms with van der Waals surface area (Å²) in [5.41, 5.74) is 0.0388. The minimum atomic E-state index is -3.79. The fourth-order valence-electron chi connectivity index (χ4n) is 5.00. The number of allylic oxidation sites excluding steroid dienone is 1. The van der Waals surface area contributed by atoms with E-state index in [9.17, 15) is 13.2 Å². The monoisotopic (exact) mass is 475 g/mol. The highest BCUT2D eigenvalue weighted by molar-refractivity contribution is 7.89. The molecule has 2 aliphatic rings. The number of ether oxygens (including phenoxy) is 1. The van der Waals surface area contributed by atoms with Gasteiger partial charge < -0.3 is 4.74 Å². The van der Waals surface area contributed by atoms with Crippen LogP contribution in [0.5, 0.6) is 0 Å². The molecule has 8 heteroatoms. The number of halogens is 2. The summed E-state index contributed by atoms with van der Waals surface area (Å²) < 4.78 is 63.3. The smallest absolute Gasteiger partial charge is 0.320 e. The molecule has 4 rings (SSSR count). The number of sulfonamides is 1. The second-order valence-corrected chi connectivity index (χ2v) is 11.0. The molecule has 0 radical (unpaired) electrons. The van der Waals surface area contributed by atoms with E-state index in [4.69, 9.17) is 4.74 Å². The van der Waals surface area contributed by atoms with Gasteiger partial charge in [-0.25, -0.2) is 17.2 Å². The molecule has 2 aromatic rings.